The van der Waals surface area contributed by atoms with Crippen molar-refractivity contribution in [2.24, 2.45) is 5.92 Å². The molecule has 1 heterocycles. The summed E-state index contributed by atoms with van der Waals surface area (Å²) in [5.74, 6) is -0.0868. The predicted molar refractivity (Wildman–Crippen MR) is 49.8 cm³/mol. The van der Waals surface area contributed by atoms with Gasteiger partial charge >= 0.3 is 0 Å². The van der Waals surface area contributed by atoms with Crippen molar-refractivity contribution in [1.82, 2.24) is 5.32 Å². The van der Waals surface area contributed by atoms with E-state index in [1.165, 1.54) is 0 Å². The van der Waals surface area contributed by atoms with Gasteiger partial charge in [-0.3, -0.25) is 9.59 Å². The van der Waals surface area contributed by atoms with Crippen LogP contribution in [0.5, 0.6) is 0 Å². The Morgan fingerprint density at radius 3 is 1.77 bits per heavy atom. The van der Waals surface area contributed by atoms with Gasteiger partial charge in [0, 0.05) is 28.5 Å². The molecule has 0 aromatic rings. The fraction of sp³-hybridized carbons (Fsp3) is 0.400. The average molecular weight is 179 g/mol. The molecule has 3 nitrogen and oxygen atoms in total. The standard InChI is InChI=1S/C10H13NO2/c1-6-9(4-12)7(2)11-8(3)10(6)5-13/h4-6,11H,1-3H3. The summed E-state index contributed by atoms with van der Waals surface area (Å²) in [7, 11) is 0. The van der Waals surface area contributed by atoms with Crippen LogP contribution >= 0.6 is 0 Å². The minimum Gasteiger partial charge on any atom is -0.362 e. The van der Waals surface area contributed by atoms with E-state index in [-0.39, 0.29) is 5.92 Å². The highest BCUT2D eigenvalue weighted by atomic mass is 16.1. The van der Waals surface area contributed by atoms with E-state index in [1.807, 2.05) is 20.8 Å². The number of dihydropyridines is 1. The molecule has 0 amide bonds. The number of carbonyl (C=O) groups excluding carboxylic acids is 2. The van der Waals surface area contributed by atoms with E-state index in [9.17, 15) is 9.59 Å². The second kappa shape index (κ2) is 3.56. The van der Waals surface area contributed by atoms with E-state index in [4.69, 9.17) is 0 Å². The third-order valence-corrected chi connectivity index (χ3v) is 2.43. The molecule has 1 aliphatic heterocycles. The second-order valence-corrected chi connectivity index (χ2v) is 3.24. The van der Waals surface area contributed by atoms with Crippen molar-refractivity contribution in [3.8, 4) is 0 Å². The van der Waals surface area contributed by atoms with Gasteiger partial charge in [0.15, 0.2) is 0 Å². The van der Waals surface area contributed by atoms with E-state index in [2.05, 4.69) is 5.32 Å². The van der Waals surface area contributed by atoms with Crippen molar-refractivity contribution < 1.29 is 9.59 Å². The first kappa shape index (κ1) is 9.71. The van der Waals surface area contributed by atoms with Crippen molar-refractivity contribution >= 4 is 12.6 Å². The molecular weight excluding hydrogens is 166 g/mol. The van der Waals surface area contributed by atoms with Crippen LogP contribution in [0.25, 0.3) is 0 Å². The van der Waals surface area contributed by atoms with Crippen LogP contribution in [0.2, 0.25) is 0 Å². The molecule has 0 spiro atoms. The van der Waals surface area contributed by atoms with Crippen LogP contribution < -0.4 is 5.32 Å². The van der Waals surface area contributed by atoms with Gasteiger partial charge in [0.25, 0.3) is 0 Å². The number of aldehydes is 2. The number of rotatable bonds is 2. The highest BCUT2D eigenvalue weighted by Gasteiger charge is 2.22. The number of allylic oxidation sites excluding steroid dienone is 4. The number of carbonyl (C=O) groups is 2. The highest BCUT2D eigenvalue weighted by molar-refractivity contribution is 5.84. The smallest absolute Gasteiger partial charge is 0.148 e. The number of hydrogen-bond acceptors (Lipinski definition) is 3. The van der Waals surface area contributed by atoms with Crippen LogP contribution in [0.3, 0.4) is 0 Å². The minimum atomic E-state index is -0.0868. The summed E-state index contributed by atoms with van der Waals surface area (Å²) >= 11 is 0. The molecule has 0 aromatic heterocycles. The molecule has 1 rings (SSSR count). The maximum atomic E-state index is 10.7. The Labute approximate surface area is 77.5 Å². The summed E-state index contributed by atoms with van der Waals surface area (Å²) < 4.78 is 0. The normalized spacial score (nSPS) is 18.7. The lowest BCUT2D eigenvalue weighted by molar-refractivity contribution is -0.105. The first-order chi connectivity index (χ1) is 6.11. The van der Waals surface area contributed by atoms with Gasteiger partial charge in [0.1, 0.15) is 12.6 Å². The quantitative estimate of drug-likeness (QED) is 0.647. The van der Waals surface area contributed by atoms with E-state index >= 15 is 0 Å². The van der Waals surface area contributed by atoms with Crippen LogP contribution in [-0.4, -0.2) is 12.6 Å². The number of hydrogen-bond donors (Lipinski definition) is 1. The van der Waals surface area contributed by atoms with Gasteiger partial charge in [-0.05, 0) is 13.8 Å². The molecule has 0 unspecified atom stereocenters. The Hall–Kier alpha value is -1.38. The maximum absolute atomic E-state index is 10.7. The molecule has 0 aromatic carbocycles. The predicted octanol–water partition coefficient (Wildman–Crippen LogP) is 1.17. The number of nitrogens with one attached hydrogen (secondary N) is 1. The van der Waals surface area contributed by atoms with Crippen molar-refractivity contribution in [1.29, 1.82) is 0 Å². The molecule has 0 atom stereocenters. The van der Waals surface area contributed by atoms with Crippen LogP contribution in [0.15, 0.2) is 22.5 Å². The monoisotopic (exact) mass is 179 g/mol. The van der Waals surface area contributed by atoms with Crippen molar-refractivity contribution in [2.75, 3.05) is 0 Å². The van der Waals surface area contributed by atoms with Crippen LogP contribution in [0.1, 0.15) is 20.8 Å². The Morgan fingerprint density at radius 1 is 1.08 bits per heavy atom. The van der Waals surface area contributed by atoms with Crippen molar-refractivity contribution in [2.45, 2.75) is 20.8 Å². The topological polar surface area (TPSA) is 46.2 Å². The second-order valence-electron chi connectivity index (χ2n) is 3.24. The van der Waals surface area contributed by atoms with Gasteiger partial charge < -0.3 is 5.32 Å². The fourth-order valence-electron chi connectivity index (χ4n) is 1.62. The molecule has 0 saturated heterocycles. The van der Waals surface area contributed by atoms with E-state index in [1.54, 1.807) is 0 Å². The molecule has 70 valence electrons. The Kier molecular flexibility index (Phi) is 2.66. The van der Waals surface area contributed by atoms with E-state index < -0.39 is 0 Å². The molecule has 0 bridgehead atoms. The van der Waals surface area contributed by atoms with Crippen LogP contribution in [-0.2, 0) is 9.59 Å². The fourth-order valence-corrected chi connectivity index (χ4v) is 1.62. The summed E-state index contributed by atoms with van der Waals surface area (Å²) in [4.78, 5) is 21.4. The third kappa shape index (κ3) is 1.54. The average Bonchev–Trinajstić information content (AvgIpc) is 2.04. The summed E-state index contributed by atoms with van der Waals surface area (Å²) in [5.41, 5.74) is 3.00. The Bertz CT molecular complexity index is 283. The minimum absolute atomic E-state index is 0.0868. The zero-order valence-corrected chi connectivity index (χ0v) is 8.05. The van der Waals surface area contributed by atoms with Gasteiger partial charge in [0.05, 0.1) is 0 Å². The first-order valence-corrected chi connectivity index (χ1v) is 4.20. The van der Waals surface area contributed by atoms with Crippen molar-refractivity contribution in [3.63, 3.8) is 0 Å². The zero-order chi connectivity index (χ0) is 10.0. The van der Waals surface area contributed by atoms with E-state index in [0.717, 1.165) is 24.0 Å². The Morgan fingerprint density at radius 2 is 1.46 bits per heavy atom. The van der Waals surface area contributed by atoms with E-state index in [0.29, 0.717) is 11.1 Å². The third-order valence-electron chi connectivity index (χ3n) is 2.43. The van der Waals surface area contributed by atoms with Gasteiger partial charge in [-0.15, -0.1) is 0 Å². The summed E-state index contributed by atoms with van der Waals surface area (Å²) in [6.45, 7) is 5.54. The largest absolute Gasteiger partial charge is 0.362 e. The van der Waals surface area contributed by atoms with Crippen LogP contribution in [0.4, 0.5) is 0 Å². The van der Waals surface area contributed by atoms with Gasteiger partial charge in [0.2, 0.25) is 0 Å². The van der Waals surface area contributed by atoms with Gasteiger partial charge in [-0.2, -0.15) is 0 Å². The SMILES string of the molecule is CC1=C(C=O)C(C)C(C=O)=C(C)N1. The molecule has 13 heavy (non-hydrogen) atoms. The lowest BCUT2D eigenvalue weighted by atomic mass is 9.89. The first-order valence-electron chi connectivity index (χ1n) is 4.20. The molecule has 3 heteroatoms. The van der Waals surface area contributed by atoms with Gasteiger partial charge in [-0.25, -0.2) is 0 Å². The molecule has 0 radical (unpaired) electrons. The van der Waals surface area contributed by atoms with Crippen LogP contribution in [0, 0.1) is 5.92 Å². The van der Waals surface area contributed by atoms with Crippen molar-refractivity contribution in [3.05, 3.63) is 22.5 Å². The summed E-state index contributed by atoms with van der Waals surface area (Å²) in [6, 6.07) is 0. The molecule has 1 aliphatic rings. The lowest BCUT2D eigenvalue weighted by Crippen LogP contribution is -2.25. The molecular formula is C10H13NO2. The summed E-state index contributed by atoms with van der Waals surface area (Å²) in [5, 5.41) is 3.01. The zero-order valence-electron chi connectivity index (χ0n) is 8.05. The molecule has 0 fully saturated rings. The molecule has 0 aliphatic carbocycles. The lowest BCUT2D eigenvalue weighted by Gasteiger charge is -2.24. The Balaban J connectivity index is 3.12. The maximum Gasteiger partial charge on any atom is 0.148 e. The summed E-state index contributed by atoms with van der Waals surface area (Å²) in [6.07, 6.45) is 1.62. The molecule has 0 saturated carbocycles. The molecule has 1 N–H and O–H groups in total. The van der Waals surface area contributed by atoms with Gasteiger partial charge in [-0.1, -0.05) is 6.92 Å². The highest BCUT2D eigenvalue weighted by Crippen LogP contribution is 2.25.